The van der Waals surface area contributed by atoms with Gasteiger partial charge in [-0.2, -0.15) is 0 Å². The van der Waals surface area contributed by atoms with Crippen molar-refractivity contribution < 1.29 is 9.59 Å². The van der Waals surface area contributed by atoms with E-state index in [1.807, 2.05) is 57.2 Å². The first-order valence-corrected chi connectivity index (χ1v) is 11.4. The van der Waals surface area contributed by atoms with Crippen LogP contribution in [0.4, 0.5) is 5.69 Å². The summed E-state index contributed by atoms with van der Waals surface area (Å²) < 4.78 is 1.39. The van der Waals surface area contributed by atoms with E-state index in [1.54, 1.807) is 49.5 Å². The van der Waals surface area contributed by atoms with E-state index in [9.17, 15) is 14.4 Å². The van der Waals surface area contributed by atoms with Gasteiger partial charge in [-0.3, -0.25) is 19.3 Å². The number of nitrogens with zero attached hydrogens (tertiary/aromatic N) is 3. The molecule has 2 amide bonds. The summed E-state index contributed by atoms with van der Waals surface area (Å²) in [5, 5.41) is 3.38. The van der Waals surface area contributed by atoms with Gasteiger partial charge in [-0.25, -0.2) is 4.98 Å². The molecule has 0 aliphatic rings. The van der Waals surface area contributed by atoms with Gasteiger partial charge in [-0.1, -0.05) is 48.5 Å². The van der Waals surface area contributed by atoms with Gasteiger partial charge in [0.25, 0.3) is 11.5 Å². The van der Waals surface area contributed by atoms with Crippen molar-refractivity contribution in [3.63, 3.8) is 0 Å². The van der Waals surface area contributed by atoms with Crippen molar-refractivity contribution in [3.05, 3.63) is 107 Å². The summed E-state index contributed by atoms with van der Waals surface area (Å²) in [6.45, 7) is 5.67. The highest BCUT2D eigenvalue weighted by atomic mass is 16.2. The molecule has 3 aromatic carbocycles. The SMILES string of the molecule is Cn1cnc2ccc(N(C(=O)c3ccccc3)C(C(=O)NC(C)(C)C)c3ccccc3)cc2c1=O. The van der Waals surface area contributed by atoms with Crippen molar-refractivity contribution in [2.75, 3.05) is 4.90 Å². The van der Waals surface area contributed by atoms with Crippen LogP contribution in [0.5, 0.6) is 0 Å². The number of carbonyl (C=O) groups is 2. The van der Waals surface area contributed by atoms with Crippen molar-refractivity contribution in [1.82, 2.24) is 14.9 Å². The molecule has 7 heteroatoms. The molecule has 178 valence electrons. The van der Waals surface area contributed by atoms with Gasteiger partial charge in [-0.05, 0) is 56.7 Å². The van der Waals surface area contributed by atoms with Gasteiger partial charge in [-0.15, -0.1) is 0 Å². The molecular formula is C28H28N4O3. The normalized spacial score (nSPS) is 12.2. The van der Waals surface area contributed by atoms with Crippen molar-refractivity contribution in [2.45, 2.75) is 32.4 Å². The van der Waals surface area contributed by atoms with Gasteiger partial charge in [0.2, 0.25) is 5.91 Å². The van der Waals surface area contributed by atoms with Crippen LogP contribution in [0.1, 0.15) is 42.7 Å². The number of hydrogen-bond acceptors (Lipinski definition) is 4. The lowest BCUT2D eigenvalue weighted by Crippen LogP contribution is -2.49. The summed E-state index contributed by atoms with van der Waals surface area (Å²) in [6.07, 6.45) is 1.46. The molecule has 0 aliphatic heterocycles. The number of aryl methyl sites for hydroxylation is 1. The first-order chi connectivity index (χ1) is 16.7. The molecule has 0 radical (unpaired) electrons. The topological polar surface area (TPSA) is 84.3 Å². The zero-order valence-corrected chi connectivity index (χ0v) is 20.2. The average molecular weight is 469 g/mol. The maximum atomic E-state index is 14.0. The van der Waals surface area contributed by atoms with E-state index in [4.69, 9.17) is 0 Å². The summed E-state index contributed by atoms with van der Waals surface area (Å²) in [5.41, 5.74) is 1.26. The molecule has 4 aromatic rings. The molecule has 0 spiro atoms. The molecule has 0 aliphatic carbocycles. The van der Waals surface area contributed by atoms with E-state index in [1.165, 1.54) is 15.8 Å². The average Bonchev–Trinajstić information content (AvgIpc) is 2.84. The summed E-state index contributed by atoms with van der Waals surface area (Å²) in [4.78, 5) is 46.3. The van der Waals surface area contributed by atoms with Crippen LogP contribution >= 0.6 is 0 Å². The second-order valence-corrected chi connectivity index (χ2v) is 9.46. The monoisotopic (exact) mass is 468 g/mol. The molecule has 1 atom stereocenters. The highest BCUT2D eigenvalue weighted by Crippen LogP contribution is 2.31. The standard InChI is InChI=1S/C28H28N4O3/c1-28(2,3)30-25(33)24(19-11-7-5-8-12-19)32(26(34)20-13-9-6-10-14-20)21-15-16-23-22(17-21)27(35)31(4)18-29-23/h5-18,24H,1-4H3,(H,30,33). The fraction of sp³-hybridized carbons (Fsp3) is 0.214. The van der Waals surface area contributed by atoms with Crippen molar-refractivity contribution in [2.24, 2.45) is 7.05 Å². The second-order valence-electron chi connectivity index (χ2n) is 9.46. The molecule has 0 fully saturated rings. The molecule has 35 heavy (non-hydrogen) atoms. The molecule has 0 saturated heterocycles. The lowest BCUT2D eigenvalue weighted by Gasteiger charge is -2.34. The first-order valence-electron chi connectivity index (χ1n) is 11.4. The third-order valence-electron chi connectivity index (χ3n) is 5.54. The number of aromatic nitrogens is 2. The zero-order chi connectivity index (χ0) is 25.2. The van der Waals surface area contributed by atoms with Crippen LogP contribution < -0.4 is 15.8 Å². The fourth-order valence-electron chi connectivity index (χ4n) is 3.94. The lowest BCUT2D eigenvalue weighted by molar-refractivity contribution is -0.123. The molecular weight excluding hydrogens is 440 g/mol. The number of hydrogen-bond donors (Lipinski definition) is 1. The summed E-state index contributed by atoms with van der Waals surface area (Å²) >= 11 is 0. The Bertz CT molecular complexity index is 1420. The molecule has 1 aromatic heterocycles. The number of benzene rings is 3. The Morgan fingerprint density at radius 1 is 0.943 bits per heavy atom. The minimum absolute atomic E-state index is 0.237. The van der Waals surface area contributed by atoms with Crippen LogP contribution in [0.25, 0.3) is 10.9 Å². The smallest absolute Gasteiger partial charge is 0.260 e. The van der Waals surface area contributed by atoms with Crippen LogP contribution in [0.2, 0.25) is 0 Å². The molecule has 0 bridgehead atoms. The molecule has 4 rings (SSSR count). The van der Waals surface area contributed by atoms with Crippen LogP contribution in [-0.2, 0) is 11.8 Å². The molecule has 1 unspecified atom stereocenters. The predicted molar refractivity (Wildman–Crippen MR) is 137 cm³/mol. The van der Waals surface area contributed by atoms with E-state index in [-0.39, 0.29) is 17.4 Å². The Morgan fingerprint density at radius 2 is 1.57 bits per heavy atom. The Balaban J connectivity index is 1.96. The first kappa shape index (κ1) is 23.9. The highest BCUT2D eigenvalue weighted by molar-refractivity contribution is 6.10. The van der Waals surface area contributed by atoms with Gasteiger partial charge >= 0.3 is 0 Å². The molecule has 1 heterocycles. The largest absolute Gasteiger partial charge is 0.349 e. The number of nitrogens with one attached hydrogen (secondary N) is 1. The van der Waals surface area contributed by atoms with Gasteiger partial charge in [0.05, 0.1) is 17.2 Å². The van der Waals surface area contributed by atoms with Crippen LogP contribution in [0, 0.1) is 0 Å². The number of rotatable bonds is 5. The lowest BCUT2D eigenvalue weighted by atomic mass is 9.99. The van der Waals surface area contributed by atoms with Gasteiger partial charge in [0.1, 0.15) is 6.04 Å². The van der Waals surface area contributed by atoms with Gasteiger partial charge < -0.3 is 9.88 Å². The van der Waals surface area contributed by atoms with Crippen molar-refractivity contribution >= 4 is 28.4 Å². The number of carbonyl (C=O) groups excluding carboxylic acids is 2. The van der Waals surface area contributed by atoms with E-state index >= 15 is 0 Å². The molecule has 1 N–H and O–H groups in total. The van der Waals surface area contributed by atoms with E-state index in [0.717, 1.165) is 0 Å². The third-order valence-corrected chi connectivity index (χ3v) is 5.54. The maximum absolute atomic E-state index is 14.0. The highest BCUT2D eigenvalue weighted by Gasteiger charge is 2.35. The molecule has 7 nitrogen and oxygen atoms in total. The number of fused-ring (bicyclic) bond motifs is 1. The van der Waals surface area contributed by atoms with E-state index < -0.39 is 11.6 Å². The number of amides is 2. The van der Waals surface area contributed by atoms with Gasteiger partial charge in [0.15, 0.2) is 0 Å². The van der Waals surface area contributed by atoms with Crippen molar-refractivity contribution in [3.8, 4) is 0 Å². The summed E-state index contributed by atoms with van der Waals surface area (Å²) in [7, 11) is 1.62. The predicted octanol–water partition coefficient (Wildman–Crippen LogP) is 4.24. The third kappa shape index (κ3) is 5.14. The van der Waals surface area contributed by atoms with E-state index in [0.29, 0.717) is 27.7 Å². The van der Waals surface area contributed by atoms with Crippen LogP contribution in [-0.4, -0.2) is 26.9 Å². The number of anilines is 1. The van der Waals surface area contributed by atoms with Crippen LogP contribution in [0.3, 0.4) is 0 Å². The van der Waals surface area contributed by atoms with Crippen molar-refractivity contribution in [1.29, 1.82) is 0 Å². The van der Waals surface area contributed by atoms with Gasteiger partial charge in [0, 0.05) is 23.8 Å². The summed E-state index contributed by atoms with van der Waals surface area (Å²) in [6, 6.07) is 22.0. The van der Waals surface area contributed by atoms with E-state index in [2.05, 4.69) is 10.3 Å². The minimum Gasteiger partial charge on any atom is -0.349 e. The molecule has 0 saturated carbocycles. The summed E-state index contributed by atoms with van der Waals surface area (Å²) in [5.74, 6) is -0.684. The Morgan fingerprint density at radius 3 is 2.20 bits per heavy atom. The van der Waals surface area contributed by atoms with Crippen LogP contribution in [0.15, 0.2) is 90.0 Å². The fourth-order valence-corrected chi connectivity index (χ4v) is 3.94. The second kappa shape index (κ2) is 9.54. The zero-order valence-electron chi connectivity index (χ0n) is 20.2. The minimum atomic E-state index is -0.971. The Kier molecular flexibility index (Phi) is 6.51. The Hall–Kier alpha value is -4.26. The Labute approximate surface area is 204 Å². The quantitative estimate of drug-likeness (QED) is 0.475. The maximum Gasteiger partial charge on any atom is 0.260 e.